The lowest BCUT2D eigenvalue weighted by atomic mass is 10.0. The van der Waals surface area contributed by atoms with Gasteiger partial charge in [0, 0.05) is 20.3 Å². The van der Waals surface area contributed by atoms with E-state index in [0.717, 1.165) is 12.1 Å². The lowest BCUT2D eigenvalue weighted by Crippen LogP contribution is -2.22. The van der Waals surface area contributed by atoms with Crippen molar-refractivity contribution in [3.05, 3.63) is 29.3 Å². The van der Waals surface area contributed by atoms with E-state index in [1.54, 1.807) is 0 Å². The first kappa shape index (κ1) is 15.6. The monoisotopic (exact) mass is 290 g/mol. The van der Waals surface area contributed by atoms with Gasteiger partial charge in [0.05, 0.1) is 0 Å². The van der Waals surface area contributed by atoms with Crippen LogP contribution in [0.1, 0.15) is 24.0 Å². The molecule has 3 heteroatoms. The van der Waals surface area contributed by atoms with Crippen molar-refractivity contribution < 1.29 is 0 Å². The van der Waals surface area contributed by atoms with Crippen LogP contribution in [0.5, 0.6) is 0 Å². The normalized spacial score (nSPS) is 16.8. The molecule has 1 heterocycles. The van der Waals surface area contributed by atoms with Crippen molar-refractivity contribution in [3.63, 3.8) is 0 Å². The van der Waals surface area contributed by atoms with E-state index in [1.807, 2.05) is 0 Å². The molecule has 1 aliphatic heterocycles. The first-order valence-corrected chi connectivity index (χ1v) is 11.7. The maximum absolute atomic E-state index is 6.24. The van der Waals surface area contributed by atoms with E-state index in [-0.39, 0.29) is 0 Å². The van der Waals surface area contributed by atoms with Gasteiger partial charge in [-0.1, -0.05) is 37.8 Å². The number of anilines is 1. The minimum atomic E-state index is -0.951. The van der Waals surface area contributed by atoms with Crippen LogP contribution >= 0.6 is 0 Å². The highest BCUT2D eigenvalue weighted by molar-refractivity contribution is 6.76. The lowest BCUT2D eigenvalue weighted by Gasteiger charge is -2.17. The molecule has 0 aromatic heterocycles. The molecule has 0 spiro atoms. The summed E-state index contributed by atoms with van der Waals surface area (Å²) < 4.78 is 0. The number of benzene rings is 1. The van der Waals surface area contributed by atoms with Gasteiger partial charge in [-0.25, -0.2) is 0 Å². The third-order valence-electron chi connectivity index (χ3n) is 4.27. The molecule has 0 amide bonds. The Balaban J connectivity index is 1.88. The zero-order chi connectivity index (χ0) is 14.6. The van der Waals surface area contributed by atoms with Crippen LogP contribution in [0, 0.1) is 0 Å². The van der Waals surface area contributed by atoms with Gasteiger partial charge >= 0.3 is 0 Å². The van der Waals surface area contributed by atoms with Crippen molar-refractivity contribution in [1.29, 1.82) is 0 Å². The Morgan fingerprint density at radius 3 is 2.40 bits per heavy atom. The highest BCUT2D eigenvalue weighted by Crippen LogP contribution is 2.20. The van der Waals surface area contributed by atoms with Gasteiger partial charge in [-0.15, -0.1) is 0 Å². The van der Waals surface area contributed by atoms with E-state index < -0.39 is 8.07 Å². The van der Waals surface area contributed by atoms with E-state index in [0.29, 0.717) is 0 Å². The minimum Gasteiger partial charge on any atom is -0.398 e. The highest BCUT2D eigenvalue weighted by Gasteiger charge is 2.14. The molecule has 0 atom stereocenters. The Labute approximate surface area is 125 Å². The zero-order valence-electron chi connectivity index (χ0n) is 13.4. The molecular weight excluding hydrogens is 260 g/mol. The Hall–Kier alpha value is -0.803. The molecule has 2 N–H and O–H groups in total. The van der Waals surface area contributed by atoms with Crippen LogP contribution in [-0.2, 0) is 12.8 Å². The molecule has 1 saturated heterocycles. The fourth-order valence-corrected chi connectivity index (χ4v) is 3.87. The number of rotatable bonds is 6. The summed E-state index contributed by atoms with van der Waals surface area (Å²) in [5.41, 5.74) is 9.98. The summed E-state index contributed by atoms with van der Waals surface area (Å²) in [4.78, 5) is 2.55. The van der Waals surface area contributed by atoms with Crippen molar-refractivity contribution in [2.75, 3.05) is 25.4 Å². The van der Waals surface area contributed by atoms with E-state index in [1.165, 1.54) is 56.1 Å². The minimum absolute atomic E-state index is 0.951. The van der Waals surface area contributed by atoms with Gasteiger partial charge in [-0.2, -0.15) is 0 Å². The van der Waals surface area contributed by atoms with E-state index in [4.69, 9.17) is 5.73 Å². The largest absolute Gasteiger partial charge is 0.398 e. The predicted molar refractivity (Wildman–Crippen MR) is 92.1 cm³/mol. The second kappa shape index (κ2) is 6.77. The van der Waals surface area contributed by atoms with E-state index >= 15 is 0 Å². The summed E-state index contributed by atoms with van der Waals surface area (Å²) in [6, 6.07) is 8.10. The van der Waals surface area contributed by atoms with Crippen LogP contribution in [0.2, 0.25) is 25.7 Å². The third kappa shape index (κ3) is 4.95. The molecule has 1 aromatic carbocycles. The molecule has 1 aromatic rings. The van der Waals surface area contributed by atoms with E-state index in [2.05, 4.69) is 42.7 Å². The fourth-order valence-electron chi connectivity index (χ4n) is 2.83. The number of nitrogen functional groups attached to an aromatic ring is 1. The van der Waals surface area contributed by atoms with Crippen molar-refractivity contribution in [3.8, 4) is 0 Å². The molecule has 0 saturated carbocycles. The van der Waals surface area contributed by atoms with Crippen LogP contribution in [-0.4, -0.2) is 32.6 Å². The van der Waals surface area contributed by atoms with Crippen LogP contribution in [0.25, 0.3) is 0 Å². The fraction of sp³-hybridized carbons (Fsp3) is 0.647. The summed E-state index contributed by atoms with van der Waals surface area (Å²) in [5.74, 6) is 0. The number of aryl methyl sites for hydroxylation is 1. The molecule has 1 fully saturated rings. The Bertz CT molecular complexity index is 431. The van der Waals surface area contributed by atoms with Gasteiger partial charge in [0.1, 0.15) is 0 Å². The summed E-state index contributed by atoms with van der Waals surface area (Å²) in [5, 5.41) is 0. The molecule has 0 radical (unpaired) electrons. The lowest BCUT2D eigenvalue weighted by molar-refractivity contribution is 0.343. The molecule has 20 heavy (non-hydrogen) atoms. The van der Waals surface area contributed by atoms with Crippen LogP contribution in [0.4, 0.5) is 5.69 Å². The van der Waals surface area contributed by atoms with Gasteiger partial charge in [0.2, 0.25) is 0 Å². The van der Waals surface area contributed by atoms with Crippen molar-refractivity contribution in [2.45, 2.75) is 51.4 Å². The summed E-state index contributed by atoms with van der Waals surface area (Å²) >= 11 is 0. The second-order valence-electron chi connectivity index (χ2n) is 7.39. The number of nitrogens with two attached hydrogens (primary N) is 1. The first-order valence-electron chi connectivity index (χ1n) is 8.04. The van der Waals surface area contributed by atoms with Crippen molar-refractivity contribution in [2.24, 2.45) is 0 Å². The molecule has 0 bridgehead atoms. The second-order valence-corrected chi connectivity index (χ2v) is 13.0. The van der Waals surface area contributed by atoms with Gasteiger partial charge in [-0.05, 0) is 56.0 Å². The topological polar surface area (TPSA) is 29.3 Å². The molecular formula is C17H30N2Si. The summed E-state index contributed by atoms with van der Waals surface area (Å²) in [6.07, 6.45) is 5.02. The Morgan fingerprint density at radius 2 is 1.80 bits per heavy atom. The van der Waals surface area contributed by atoms with Gasteiger partial charge in [0.25, 0.3) is 0 Å². The van der Waals surface area contributed by atoms with Crippen LogP contribution < -0.4 is 5.73 Å². The number of hydrogen-bond acceptors (Lipinski definition) is 2. The van der Waals surface area contributed by atoms with Gasteiger partial charge in [0.15, 0.2) is 0 Å². The van der Waals surface area contributed by atoms with Crippen molar-refractivity contribution in [1.82, 2.24) is 4.90 Å². The quantitative estimate of drug-likeness (QED) is 0.638. The maximum Gasteiger partial charge on any atom is 0.0445 e. The Kier molecular flexibility index (Phi) is 5.27. The summed E-state index contributed by atoms with van der Waals surface area (Å²) in [6.45, 7) is 11.0. The molecule has 0 aliphatic carbocycles. The molecule has 1 aliphatic rings. The van der Waals surface area contributed by atoms with Crippen molar-refractivity contribution >= 4 is 13.8 Å². The predicted octanol–water partition coefficient (Wildman–Crippen LogP) is 3.79. The zero-order valence-corrected chi connectivity index (χ0v) is 14.4. The molecule has 0 unspecified atom stereocenters. The Morgan fingerprint density at radius 1 is 1.10 bits per heavy atom. The highest BCUT2D eigenvalue weighted by atomic mass is 28.3. The molecule has 2 nitrogen and oxygen atoms in total. The average molecular weight is 291 g/mol. The van der Waals surface area contributed by atoms with E-state index in [9.17, 15) is 0 Å². The number of hydrogen-bond donors (Lipinski definition) is 1. The number of nitrogens with zero attached hydrogens (tertiary/aromatic N) is 1. The first-order chi connectivity index (χ1) is 9.44. The maximum atomic E-state index is 6.24. The standard InChI is InChI=1S/C17H30N2Si/c1-20(2,3)13-9-15-6-7-16(17(18)14-15)8-12-19-10-4-5-11-19/h6-7,14H,4-5,8-13,18H2,1-3H3. The summed E-state index contributed by atoms with van der Waals surface area (Å²) in [7, 11) is -0.951. The average Bonchev–Trinajstić information content (AvgIpc) is 2.87. The number of likely N-dealkylation sites (tertiary alicyclic amines) is 1. The molecule has 112 valence electrons. The van der Waals surface area contributed by atoms with Gasteiger partial charge in [-0.3, -0.25) is 0 Å². The third-order valence-corrected chi connectivity index (χ3v) is 6.02. The smallest absolute Gasteiger partial charge is 0.0445 e. The van der Waals surface area contributed by atoms with Crippen LogP contribution in [0.15, 0.2) is 18.2 Å². The molecule has 2 rings (SSSR count). The van der Waals surface area contributed by atoms with Crippen LogP contribution in [0.3, 0.4) is 0 Å². The SMILES string of the molecule is C[Si](C)(C)CCc1ccc(CCN2CCCC2)c(N)c1. The van der Waals surface area contributed by atoms with Gasteiger partial charge < -0.3 is 10.6 Å².